The van der Waals surface area contributed by atoms with Crippen LogP contribution in [0.25, 0.3) is 11.1 Å². The van der Waals surface area contributed by atoms with E-state index in [9.17, 15) is 5.11 Å². The van der Waals surface area contributed by atoms with Crippen molar-refractivity contribution in [2.24, 2.45) is 0 Å². The number of aliphatic hydroxyl groups is 1. The monoisotopic (exact) mass is 479 g/mol. The maximum absolute atomic E-state index is 10.9. The molecule has 2 atom stereocenters. The van der Waals surface area contributed by atoms with E-state index in [1.54, 1.807) is 0 Å². The minimum atomic E-state index is -0.699. The molecule has 0 amide bonds. The standard InChI is InChI=1S/C26H30BrN3O/c1-28(2)25-16-17-30(18-25)24-14-12-23(13-15-24)29(3)26(31)21-6-4-19(5-7-21)20-8-10-22(27)11-9-20/h4-15,25-26,31H,16-18H2,1-3H3. The molecule has 0 spiro atoms. The number of nitrogens with zero attached hydrogens (tertiary/aromatic N) is 3. The molecule has 0 bridgehead atoms. The van der Waals surface area contributed by atoms with Crippen LogP contribution in [-0.2, 0) is 0 Å². The second-order valence-corrected chi connectivity index (χ2v) is 9.40. The van der Waals surface area contributed by atoms with Crippen LogP contribution in [0.3, 0.4) is 0 Å². The number of likely N-dealkylation sites (N-methyl/N-ethyl adjacent to an activating group) is 1. The van der Waals surface area contributed by atoms with Crippen molar-refractivity contribution < 1.29 is 5.11 Å². The maximum atomic E-state index is 10.9. The van der Waals surface area contributed by atoms with E-state index < -0.39 is 6.23 Å². The highest BCUT2D eigenvalue weighted by atomic mass is 79.9. The van der Waals surface area contributed by atoms with Crippen LogP contribution in [-0.4, -0.2) is 50.3 Å². The summed E-state index contributed by atoms with van der Waals surface area (Å²) in [5, 5.41) is 10.9. The average Bonchev–Trinajstić information content (AvgIpc) is 3.30. The number of hydrogen-bond acceptors (Lipinski definition) is 4. The van der Waals surface area contributed by atoms with Crippen molar-refractivity contribution in [3.8, 4) is 11.1 Å². The Morgan fingerprint density at radius 2 is 1.45 bits per heavy atom. The summed E-state index contributed by atoms with van der Waals surface area (Å²) in [5.41, 5.74) is 5.41. The fourth-order valence-corrected chi connectivity index (χ4v) is 4.42. The van der Waals surface area contributed by atoms with Crippen molar-refractivity contribution in [2.75, 3.05) is 44.0 Å². The zero-order chi connectivity index (χ0) is 22.0. The minimum absolute atomic E-state index is 0.615. The van der Waals surface area contributed by atoms with Gasteiger partial charge in [0.1, 0.15) is 0 Å². The summed E-state index contributed by atoms with van der Waals surface area (Å²) in [5.74, 6) is 0. The van der Waals surface area contributed by atoms with E-state index in [4.69, 9.17) is 0 Å². The summed E-state index contributed by atoms with van der Waals surface area (Å²) < 4.78 is 1.07. The zero-order valence-electron chi connectivity index (χ0n) is 18.4. The quantitative estimate of drug-likeness (QED) is 0.480. The Morgan fingerprint density at radius 1 is 0.871 bits per heavy atom. The van der Waals surface area contributed by atoms with Gasteiger partial charge < -0.3 is 19.8 Å². The first-order valence-corrected chi connectivity index (χ1v) is 11.5. The number of aliphatic hydroxyl groups excluding tert-OH is 1. The molecule has 1 N–H and O–H groups in total. The Hall–Kier alpha value is -2.34. The Morgan fingerprint density at radius 3 is 2.00 bits per heavy atom. The molecule has 3 aromatic carbocycles. The third-order valence-corrected chi connectivity index (χ3v) is 6.80. The molecule has 5 heteroatoms. The summed E-state index contributed by atoms with van der Waals surface area (Å²) >= 11 is 3.48. The molecule has 0 radical (unpaired) electrons. The number of anilines is 2. The van der Waals surface area contributed by atoms with E-state index in [1.807, 2.05) is 36.2 Å². The van der Waals surface area contributed by atoms with Gasteiger partial charge in [0.2, 0.25) is 0 Å². The van der Waals surface area contributed by atoms with Gasteiger partial charge in [0.15, 0.2) is 6.23 Å². The van der Waals surface area contributed by atoms with Crippen LogP contribution < -0.4 is 9.80 Å². The Balaban J connectivity index is 1.43. The number of benzene rings is 3. The highest BCUT2D eigenvalue weighted by molar-refractivity contribution is 9.10. The third kappa shape index (κ3) is 4.95. The van der Waals surface area contributed by atoms with Crippen molar-refractivity contribution in [2.45, 2.75) is 18.7 Å². The van der Waals surface area contributed by atoms with Crippen LogP contribution in [0.2, 0.25) is 0 Å². The van der Waals surface area contributed by atoms with E-state index >= 15 is 0 Å². The predicted octanol–water partition coefficient (Wildman–Crippen LogP) is 5.38. The second kappa shape index (κ2) is 9.43. The maximum Gasteiger partial charge on any atom is 0.153 e. The molecule has 31 heavy (non-hydrogen) atoms. The van der Waals surface area contributed by atoms with Gasteiger partial charge in [0, 0.05) is 47.6 Å². The molecule has 1 heterocycles. The van der Waals surface area contributed by atoms with Crippen LogP contribution in [0.15, 0.2) is 77.3 Å². The highest BCUT2D eigenvalue weighted by Gasteiger charge is 2.24. The van der Waals surface area contributed by atoms with Crippen LogP contribution in [0.4, 0.5) is 11.4 Å². The van der Waals surface area contributed by atoms with Crippen LogP contribution in [0, 0.1) is 0 Å². The Labute approximate surface area is 193 Å². The number of rotatable bonds is 6. The van der Waals surface area contributed by atoms with Crippen LogP contribution in [0.5, 0.6) is 0 Å². The van der Waals surface area contributed by atoms with Gasteiger partial charge in [-0.2, -0.15) is 0 Å². The molecule has 0 aromatic heterocycles. The summed E-state index contributed by atoms with van der Waals surface area (Å²) in [7, 11) is 6.23. The minimum Gasteiger partial charge on any atom is -0.370 e. The van der Waals surface area contributed by atoms with Gasteiger partial charge in [-0.25, -0.2) is 0 Å². The van der Waals surface area contributed by atoms with E-state index in [0.717, 1.165) is 39.9 Å². The first kappa shape index (κ1) is 21.9. The topological polar surface area (TPSA) is 30.0 Å². The lowest BCUT2D eigenvalue weighted by molar-refractivity contribution is 0.178. The van der Waals surface area contributed by atoms with Gasteiger partial charge in [-0.05, 0) is 68.0 Å². The molecular weight excluding hydrogens is 450 g/mol. The molecule has 2 unspecified atom stereocenters. The zero-order valence-corrected chi connectivity index (χ0v) is 20.0. The summed E-state index contributed by atoms with van der Waals surface area (Å²) in [6, 6.07) is 25.5. The lowest BCUT2D eigenvalue weighted by Gasteiger charge is -2.27. The van der Waals surface area contributed by atoms with Gasteiger partial charge >= 0.3 is 0 Å². The van der Waals surface area contributed by atoms with Crippen molar-refractivity contribution in [3.05, 3.63) is 82.8 Å². The van der Waals surface area contributed by atoms with Crippen LogP contribution in [0.1, 0.15) is 18.2 Å². The SMILES string of the molecule is CN(C)C1CCN(c2ccc(N(C)C(O)c3ccc(-c4ccc(Br)cc4)cc3)cc2)C1. The fraction of sp³-hybridized carbons (Fsp3) is 0.308. The molecule has 4 rings (SSSR count). The molecule has 1 fully saturated rings. The Bertz CT molecular complexity index is 987. The normalized spacial score (nSPS) is 17.2. The lowest BCUT2D eigenvalue weighted by atomic mass is 10.0. The van der Waals surface area contributed by atoms with Crippen molar-refractivity contribution in [1.82, 2.24) is 4.90 Å². The number of halogens is 1. The van der Waals surface area contributed by atoms with Gasteiger partial charge in [0.05, 0.1) is 0 Å². The highest BCUT2D eigenvalue weighted by Crippen LogP contribution is 2.29. The molecule has 3 aromatic rings. The van der Waals surface area contributed by atoms with E-state index in [-0.39, 0.29) is 0 Å². The molecule has 1 aliphatic heterocycles. The van der Waals surface area contributed by atoms with Gasteiger partial charge in [-0.15, -0.1) is 0 Å². The molecule has 162 valence electrons. The summed E-state index contributed by atoms with van der Waals surface area (Å²) in [4.78, 5) is 6.65. The van der Waals surface area contributed by atoms with E-state index in [1.165, 1.54) is 12.1 Å². The second-order valence-electron chi connectivity index (χ2n) is 8.48. The molecule has 1 aliphatic rings. The van der Waals surface area contributed by atoms with Crippen LogP contribution >= 0.6 is 15.9 Å². The van der Waals surface area contributed by atoms with Gasteiger partial charge in [-0.1, -0.05) is 52.3 Å². The predicted molar refractivity (Wildman–Crippen MR) is 134 cm³/mol. The molecular formula is C26H30BrN3O. The largest absolute Gasteiger partial charge is 0.370 e. The molecule has 0 saturated carbocycles. The lowest BCUT2D eigenvalue weighted by Crippen LogP contribution is -2.31. The molecule has 1 saturated heterocycles. The first-order valence-electron chi connectivity index (χ1n) is 10.7. The van der Waals surface area contributed by atoms with Crippen molar-refractivity contribution in [1.29, 1.82) is 0 Å². The van der Waals surface area contributed by atoms with Crippen molar-refractivity contribution in [3.63, 3.8) is 0 Å². The molecule has 4 nitrogen and oxygen atoms in total. The van der Waals surface area contributed by atoms with E-state index in [2.05, 4.69) is 88.4 Å². The van der Waals surface area contributed by atoms with Gasteiger partial charge in [0.25, 0.3) is 0 Å². The fourth-order valence-electron chi connectivity index (χ4n) is 4.15. The Kier molecular flexibility index (Phi) is 6.65. The third-order valence-electron chi connectivity index (χ3n) is 6.27. The summed E-state index contributed by atoms with van der Waals surface area (Å²) in [6.45, 7) is 2.15. The smallest absolute Gasteiger partial charge is 0.153 e. The van der Waals surface area contributed by atoms with E-state index in [0.29, 0.717) is 6.04 Å². The average molecular weight is 480 g/mol. The van der Waals surface area contributed by atoms with Crippen molar-refractivity contribution >= 4 is 27.3 Å². The number of hydrogen-bond donors (Lipinski definition) is 1. The molecule has 0 aliphatic carbocycles. The van der Waals surface area contributed by atoms with Gasteiger partial charge in [-0.3, -0.25) is 0 Å². The summed E-state index contributed by atoms with van der Waals surface area (Å²) in [6.07, 6.45) is 0.499. The first-order chi connectivity index (χ1) is 14.9.